The fourth-order valence-corrected chi connectivity index (χ4v) is 2.44. The largest absolute Gasteiger partial charge is 0.411 e. The summed E-state index contributed by atoms with van der Waals surface area (Å²) in [5.41, 5.74) is 10.6. The van der Waals surface area contributed by atoms with Gasteiger partial charge in [0.2, 0.25) is 0 Å². The maximum absolute atomic E-state index is 12.0. The summed E-state index contributed by atoms with van der Waals surface area (Å²) >= 11 is 0. The van der Waals surface area contributed by atoms with Crippen LogP contribution in [0.25, 0.3) is 0 Å². The summed E-state index contributed by atoms with van der Waals surface area (Å²) in [6.07, 6.45) is -4.31. The average molecular weight is 365 g/mol. The fourth-order valence-electron chi connectivity index (χ4n) is 2.44. The zero-order valence-electron chi connectivity index (χ0n) is 14.7. The van der Waals surface area contributed by atoms with Crippen LogP contribution in [0.4, 0.5) is 18.9 Å². The predicted octanol–water partition coefficient (Wildman–Crippen LogP) is 4.31. The first-order valence-electron chi connectivity index (χ1n) is 8.09. The van der Waals surface area contributed by atoms with Gasteiger partial charge in [-0.3, -0.25) is 0 Å². The van der Waals surface area contributed by atoms with Crippen molar-refractivity contribution in [2.75, 3.05) is 11.9 Å². The van der Waals surface area contributed by atoms with Gasteiger partial charge in [0.25, 0.3) is 0 Å². The van der Waals surface area contributed by atoms with Crippen LogP contribution in [-0.4, -0.2) is 18.7 Å². The Morgan fingerprint density at radius 2 is 1.62 bits per heavy atom. The first-order valence-corrected chi connectivity index (χ1v) is 8.09. The number of hydrogen-bond acceptors (Lipinski definition) is 2. The molecule has 0 aliphatic heterocycles. The lowest BCUT2D eigenvalue weighted by Crippen LogP contribution is -2.22. The third kappa shape index (κ3) is 7.14. The molecule has 26 heavy (non-hydrogen) atoms. The third-order valence-electron chi connectivity index (χ3n) is 3.48. The number of aliphatic imine (C=N–C) groups is 1. The standard InChI is InChI=1S/C19H22F3N3O/c1-13-7-14(2)9-17(8-13)25-18(23)24-10-15-3-5-16(6-4-15)11-26-12-19(20,21)22/h3-9H,10-12H2,1-2H3,(H3,23,24,25). The smallest absolute Gasteiger partial charge is 0.370 e. The molecule has 2 rings (SSSR count). The first-order chi connectivity index (χ1) is 12.2. The number of halogens is 3. The van der Waals surface area contributed by atoms with Crippen LogP contribution in [0.5, 0.6) is 0 Å². The van der Waals surface area contributed by atoms with Crippen LogP contribution in [0, 0.1) is 13.8 Å². The van der Waals surface area contributed by atoms with Crippen molar-refractivity contribution < 1.29 is 17.9 Å². The summed E-state index contributed by atoms with van der Waals surface area (Å²) in [6, 6.07) is 13.0. The van der Waals surface area contributed by atoms with E-state index in [1.165, 1.54) is 0 Å². The van der Waals surface area contributed by atoms with Crippen molar-refractivity contribution in [3.05, 3.63) is 64.7 Å². The second kappa shape index (κ2) is 8.71. The first kappa shape index (κ1) is 19.8. The molecular weight excluding hydrogens is 343 g/mol. The van der Waals surface area contributed by atoms with Crippen molar-refractivity contribution in [1.82, 2.24) is 0 Å². The van der Waals surface area contributed by atoms with E-state index in [4.69, 9.17) is 5.73 Å². The number of rotatable bonds is 6. The topological polar surface area (TPSA) is 59.6 Å². The Kier molecular flexibility index (Phi) is 6.63. The van der Waals surface area contributed by atoms with Crippen molar-refractivity contribution >= 4 is 11.6 Å². The molecule has 0 bridgehead atoms. The summed E-state index contributed by atoms with van der Waals surface area (Å²) in [5, 5.41) is 3.05. The van der Waals surface area contributed by atoms with Crippen molar-refractivity contribution in [1.29, 1.82) is 0 Å². The molecule has 0 radical (unpaired) electrons. The van der Waals surface area contributed by atoms with Gasteiger partial charge in [-0.15, -0.1) is 0 Å². The van der Waals surface area contributed by atoms with Crippen LogP contribution >= 0.6 is 0 Å². The Labute approximate surface area is 150 Å². The van der Waals surface area contributed by atoms with Gasteiger partial charge in [-0.25, -0.2) is 4.99 Å². The molecule has 0 unspecified atom stereocenters. The Morgan fingerprint density at radius 1 is 1.04 bits per heavy atom. The Morgan fingerprint density at radius 3 is 2.19 bits per heavy atom. The number of alkyl halides is 3. The van der Waals surface area contributed by atoms with Crippen LogP contribution in [0.15, 0.2) is 47.5 Å². The van der Waals surface area contributed by atoms with E-state index in [1.54, 1.807) is 24.3 Å². The maximum Gasteiger partial charge on any atom is 0.411 e. The van der Waals surface area contributed by atoms with E-state index in [-0.39, 0.29) is 6.61 Å². The SMILES string of the molecule is Cc1cc(C)cc(NC(N)=NCc2ccc(COCC(F)(F)F)cc2)c1. The summed E-state index contributed by atoms with van der Waals surface area (Å²) in [5.74, 6) is 0.299. The third-order valence-corrected chi connectivity index (χ3v) is 3.48. The van der Waals surface area contributed by atoms with E-state index in [0.29, 0.717) is 18.1 Å². The predicted molar refractivity (Wildman–Crippen MR) is 97.0 cm³/mol. The minimum atomic E-state index is -4.31. The average Bonchev–Trinajstić information content (AvgIpc) is 2.52. The Balaban J connectivity index is 1.87. The highest BCUT2D eigenvalue weighted by molar-refractivity contribution is 5.92. The van der Waals surface area contributed by atoms with Crippen LogP contribution in [0.3, 0.4) is 0 Å². The number of aryl methyl sites for hydroxylation is 2. The highest BCUT2D eigenvalue weighted by Crippen LogP contribution is 2.16. The quantitative estimate of drug-likeness (QED) is 0.592. The molecule has 0 aliphatic carbocycles. The molecule has 2 aromatic carbocycles. The van der Waals surface area contributed by atoms with Gasteiger partial charge in [-0.2, -0.15) is 13.2 Å². The van der Waals surface area contributed by atoms with Gasteiger partial charge < -0.3 is 15.8 Å². The number of hydrogen-bond donors (Lipinski definition) is 2. The van der Waals surface area contributed by atoms with Gasteiger partial charge >= 0.3 is 6.18 Å². The fraction of sp³-hybridized carbons (Fsp3) is 0.316. The van der Waals surface area contributed by atoms with Crippen molar-refractivity contribution in [3.63, 3.8) is 0 Å². The number of nitrogens with one attached hydrogen (secondary N) is 1. The lowest BCUT2D eigenvalue weighted by atomic mass is 10.1. The molecule has 140 valence electrons. The Hall–Kier alpha value is -2.54. The minimum absolute atomic E-state index is 0.0839. The van der Waals surface area contributed by atoms with E-state index in [1.807, 2.05) is 26.0 Å². The molecular formula is C19H22F3N3O. The molecule has 7 heteroatoms. The lowest BCUT2D eigenvalue weighted by Gasteiger charge is -2.09. The van der Waals surface area contributed by atoms with E-state index < -0.39 is 12.8 Å². The van der Waals surface area contributed by atoms with Gasteiger partial charge in [0.15, 0.2) is 5.96 Å². The summed E-state index contributed by atoms with van der Waals surface area (Å²) < 4.78 is 40.7. The molecule has 3 N–H and O–H groups in total. The van der Waals surface area contributed by atoms with Crippen LogP contribution < -0.4 is 11.1 Å². The molecule has 0 aromatic heterocycles. The van der Waals surface area contributed by atoms with Gasteiger partial charge in [-0.05, 0) is 48.2 Å². The van der Waals surface area contributed by atoms with Gasteiger partial charge in [0.1, 0.15) is 6.61 Å². The molecule has 4 nitrogen and oxygen atoms in total. The number of guanidine groups is 1. The van der Waals surface area contributed by atoms with Crippen LogP contribution in [-0.2, 0) is 17.9 Å². The van der Waals surface area contributed by atoms with Crippen LogP contribution in [0.1, 0.15) is 22.3 Å². The van der Waals surface area contributed by atoms with Crippen molar-refractivity contribution in [3.8, 4) is 0 Å². The highest BCUT2D eigenvalue weighted by atomic mass is 19.4. The molecule has 0 aliphatic rings. The van der Waals surface area contributed by atoms with Gasteiger partial charge in [-0.1, -0.05) is 30.3 Å². The number of anilines is 1. The summed E-state index contributed by atoms with van der Waals surface area (Å²) in [4.78, 5) is 4.28. The van der Waals surface area contributed by atoms with E-state index in [9.17, 15) is 13.2 Å². The normalized spacial score (nSPS) is 12.3. The summed E-state index contributed by atoms with van der Waals surface area (Å²) in [6.45, 7) is 3.05. The molecule has 0 fully saturated rings. The van der Waals surface area contributed by atoms with Crippen LogP contribution in [0.2, 0.25) is 0 Å². The molecule has 0 saturated heterocycles. The molecule has 0 amide bonds. The number of nitrogens with two attached hydrogens (primary N) is 1. The number of benzene rings is 2. The second-order valence-corrected chi connectivity index (χ2v) is 6.13. The van der Waals surface area contributed by atoms with E-state index in [2.05, 4.69) is 21.1 Å². The molecule has 0 heterocycles. The van der Waals surface area contributed by atoms with Gasteiger partial charge in [0, 0.05) is 5.69 Å². The van der Waals surface area contributed by atoms with Crippen molar-refractivity contribution in [2.45, 2.75) is 33.2 Å². The molecule has 0 spiro atoms. The second-order valence-electron chi connectivity index (χ2n) is 6.13. The maximum atomic E-state index is 12.0. The lowest BCUT2D eigenvalue weighted by molar-refractivity contribution is -0.176. The molecule has 2 aromatic rings. The minimum Gasteiger partial charge on any atom is -0.370 e. The number of nitrogens with zero attached hydrogens (tertiary/aromatic N) is 1. The molecule has 0 atom stereocenters. The highest BCUT2D eigenvalue weighted by Gasteiger charge is 2.27. The van der Waals surface area contributed by atoms with Gasteiger partial charge in [0.05, 0.1) is 13.2 Å². The number of ether oxygens (including phenoxy) is 1. The van der Waals surface area contributed by atoms with Crippen molar-refractivity contribution in [2.24, 2.45) is 10.7 Å². The monoisotopic (exact) mass is 365 g/mol. The zero-order valence-corrected chi connectivity index (χ0v) is 14.7. The summed E-state index contributed by atoms with van der Waals surface area (Å²) in [7, 11) is 0. The Bertz CT molecular complexity index is 735. The van der Waals surface area contributed by atoms with E-state index in [0.717, 1.165) is 22.4 Å². The zero-order chi connectivity index (χ0) is 19.2. The van der Waals surface area contributed by atoms with E-state index >= 15 is 0 Å². The molecule has 0 saturated carbocycles.